The van der Waals surface area contributed by atoms with E-state index in [2.05, 4.69) is 10.3 Å². The fraction of sp³-hybridized carbons (Fsp3) is 0.190. The van der Waals surface area contributed by atoms with E-state index in [9.17, 15) is 9.59 Å². The second-order valence-corrected chi connectivity index (χ2v) is 7.44. The smallest absolute Gasteiger partial charge is 0.231 e. The van der Waals surface area contributed by atoms with Gasteiger partial charge in [0.15, 0.2) is 5.13 Å². The number of nitrogens with zero attached hydrogens (tertiary/aromatic N) is 2. The molecule has 27 heavy (non-hydrogen) atoms. The van der Waals surface area contributed by atoms with Gasteiger partial charge in [-0.05, 0) is 18.6 Å². The number of hydrogen-bond donors (Lipinski definition) is 1. The molecular formula is C21H19N3O2S. The number of amides is 2. The molecule has 0 aliphatic carbocycles. The van der Waals surface area contributed by atoms with E-state index in [1.54, 1.807) is 4.90 Å². The van der Waals surface area contributed by atoms with E-state index in [1.807, 2.05) is 66.9 Å². The van der Waals surface area contributed by atoms with Crippen molar-refractivity contribution >= 4 is 34.0 Å². The molecule has 0 saturated carbocycles. The number of para-hydroxylation sites is 1. The summed E-state index contributed by atoms with van der Waals surface area (Å²) < 4.78 is 0. The van der Waals surface area contributed by atoms with Crippen LogP contribution in [0.15, 0.2) is 60.0 Å². The number of rotatable bonds is 4. The number of benzene rings is 2. The van der Waals surface area contributed by atoms with E-state index >= 15 is 0 Å². The molecule has 2 aromatic carbocycles. The van der Waals surface area contributed by atoms with Crippen LogP contribution in [-0.4, -0.2) is 23.3 Å². The number of thiazole rings is 1. The molecule has 1 atom stereocenters. The predicted octanol–water partition coefficient (Wildman–Crippen LogP) is 4.11. The summed E-state index contributed by atoms with van der Waals surface area (Å²) in [6.07, 6.45) is 0.219. The first-order valence-corrected chi connectivity index (χ1v) is 9.67. The van der Waals surface area contributed by atoms with Gasteiger partial charge in [0, 0.05) is 29.6 Å². The Labute approximate surface area is 161 Å². The Hall–Kier alpha value is -2.99. The van der Waals surface area contributed by atoms with Crippen LogP contribution >= 0.6 is 11.3 Å². The van der Waals surface area contributed by atoms with Gasteiger partial charge in [0.25, 0.3) is 0 Å². The van der Waals surface area contributed by atoms with Crippen molar-refractivity contribution in [2.75, 3.05) is 16.8 Å². The van der Waals surface area contributed by atoms with Crippen molar-refractivity contribution in [3.63, 3.8) is 0 Å². The van der Waals surface area contributed by atoms with E-state index in [1.165, 1.54) is 11.3 Å². The van der Waals surface area contributed by atoms with Crippen LogP contribution in [0.4, 0.5) is 10.8 Å². The topological polar surface area (TPSA) is 62.3 Å². The molecule has 0 bridgehead atoms. The number of hydrogen-bond acceptors (Lipinski definition) is 4. The van der Waals surface area contributed by atoms with Crippen LogP contribution in [0.1, 0.15) is 12.0 Å². The first-order chi connectivity index (χ1) is 13.1. The average molecular weight is 377 g/mol. The van der Waals surface area contributed by atoms with Crippen molar-refractivity contribution in [2.24, 2.45) is 5.92 Å². The Balaban J connectivity index is 1.45. The molecule has 2 heterocycles. The van der Waals surface area contributed by atoms with Gasteiger partial charge in [-0.25, -0.2) is 4.98 Å². The van der Waals surface area contributed by atoms with Crippen LogP contribution in [0.25, 0.3) is 11.3 Å². The lowest BCUT2D eigenvalue weighted by atomic mass is 10.1. The van der Waals surface area contributed by atoms with Crippen LogP contribution < -0.4 is 10.2 Å². The summed E-state index contributed by atoms with van der Waals surface area (Å²) in [6.45, 7) is 2.36. The van der Waals surface area contributed by atoms with Gasteiger partial charge in [0.1, 0.15) is 0 Å². The third kappa shape index (κ3) is 3.61. The molecule has 1 fully saturated rings. The molecule has 136 valence electrons. The summed E-state index contributed by atoms with van der Waals surface area (Å²) in [5.41, 5.74) is 3.74. The van der Waals surface area contributed by atoms with Gasteiger partial charge in [-0.2, -0.15) is 0 Å². The van der Waals surface area contributed by atoms with E-state index in [0.29, 0.717) is 11.7 Å². The molecule has 0 radical (unpaired) electrons. The van der Waals surface area contributed by atoms with E-state index in [4.69, 9.17) is 0 Å². The Morgan fingerprint density at radius 2 is 1.89 bits per heavy atom. The van der Waals surface area contributed by atoms with Crippen molar-refractivity contribution < 1.29 is 9.59 Å². The second-order valence-electron chi connectivity index (χ2n) is 6.59. The second kappa shape index (κ2) is 7.32. The lowest BCUT2D eigenvalue weighted by Crippen LogP contribution is -2.28. The van der Waals surface area contributed by atoms with Gasteiger partial charge in [-0.1, -0.05) is 48.5 Å². The average Bonchev–Trinajstić information content (AvgIpc) is 3.30. The molecule has 1 aliphatic rings. The number of aryl methyl sites for hydroxylation is 1. The maximum absolute atomic E-state index is 12.6. The highest BCUT2D eigenvalue weighted by Gasteiger charge is 2.35. The maximum Gasteiger partial charge on any atom is 0.231 e. The minimum Gasteiger partial charge on any atom is -0.311 e. The lowest BCUT2D eigenvalue weighted by molar-refractivity contribution is -0.122. The zero-order chi connectivity index (χ0) is 18.8. The van der Waals surface area contributed by atoms with Crippen molar-refractivity contribution in [3.8, 4) is 11.3 Å². The van der Waals surface area contributed by atoms with Crippen LogP contribution in [0.5, 0.6) is 0 Å². The molecule has 5 nitrogen and oxygen atoms in total. The summed E-state index contributed by atoms with van der Waals surface area (Å²) in [7, 11) is 0. The maximum atomic E-state index is 12.6. The Bertz CT molecular complexity index is 984. The number of anilines is 2. The van der Waals surface area contributed by atoms with Gasteiger partial charge >= 0.3 is 0 Å². The van der Waals surface area contributed by atoms with Crippen molar-refractivity contribution in [1.82, 2.24) is 4.98 Å². The summed E-state index contributed by atoms with van der Waals surface area (Å²) in [4.78, 5) is 31.3. The van der Waals surface area contributed by atoms with Crippen LogP contribution in [0.2, 0.25) is 0 Å². The Morgan fingerprint density at radius 3 is 2.67 bits per heavy atom. The number of carbonyl (C=O) groups excluding carboxylic acids is 2. The quantitative estimate of drug-likeness (QED) is 0.744. The molecule has 2 amide bonds. The SMILES string of the molecule is Cc1ccccc1N1CC(C(=O)Nc2nc(-c3ccccc3)cs2)CC1=O. The molecule has 1 N–H and O–H groups in total. The van der Waals surface area contributed by atoms with Crippen LogP contribution in [0.3, 0.4) is 0 Å². The minimum atomic E-state index is -0.374. The highest BCUT2D eigenvalue weighted by atomic mass is 32.1. The molecule has 1 aliphatic heterocycles. The number of nitrogens with one attached hydrogen (secondary N) is 1. The van der Waals surface area contributed by atoms with Gasteiger partial charge in [0.05, 0.1) is 11.6 Å². The Kier molecular flexibility index (Phi) is 4.73. The normalized spacial score (nSPS) is 16.6. The van der Waals surface area contributed by atoms with E-state index in [0.717, 1.165) is 22.5 Å². The predicted molar refractivity (Wildman–Crippen MR) is 108 cm³/mol. The summed E-state index contributed by atoms with van der Waals surface area (Å²) in [5, 5.41) is 5.35. The zero-order valence-electron chi connectivity index (χ0n) is 14.9. The molecule has 3 aromatic rings. The molecule has 4 rings (SSSR count). The minimum absolute atomic E-state index is 0.0198. The zero-order valence-corrected chi connectivity index (χ0v) is 15.7. The summed E-state index contributed by atoms with van der Waals surface area (Å²) in [6, 6.07) is 17.6. The third-order valence-corrected chi connectivity index (χ3v) is 5.46. The van der Waals surface area contributed by atoms with Gasteiger partial charge in [-0.3, -0.25) is 9.59 Å². The fourth-order valence-electron chi connectivity index (χ4n) is 3.26. The monoisotopic (exact) mass is 377 g/mol. The fourth-order valence-corrected chi connectivity index (χ4v) is 3.99. The highest BCUT2D eigenvalue weighted by Crippen LogP contribution is 2.29. The molecular weight excluding hydrogens is 358 g/mol. The highest BCUT2D eigenvalue weighted by molar-refractivity contribution is 7.14. The van der Waals surface area contributed by atoms with Crippen LogP contribution in [-0.2, 0) is 9.59 Å². The van der Waals surface area contributed by atoms with Crippen LogP contribution in [0, 0.1) is 12.8 Å². The van der Waals surface area contributed by atoms with Gasteiger partial charge in [0.2, 0.25) is 11.8 Å². The molecule has 0 spiro atoms. The van der Waals surface area contributed by atoms with Crippen molar-refractivity contribution in [1.29, 1.82) is 0 Å². The van der Waals surface area contributed by atoms with Crippen molar-refractivity contribution in [2.45, 2.75) is 13.3 Å². The molecule has 6 heteroatoms. The van der Waals surface area contributed by atoms with E-state index in [-0.39, 0.29) is 24.2 Å². The standard InChI is InChI=1S/C21H19N3O2S/c1-14-7-5-6-10-18(14)24-12-16(11-19(24)25)20(26)23-21-22-17(13-27-21)15-8-3-2-4-9-15/h2-10,13,16H,11-12H2,1H3,(H,22,23,26). The third-order valence-electron chi connectivity index (χ3n) is 4.71. The molecule has 1 aromatic heterocycles. The lowest BCUT2D eigenvalue weighted by Gasteiger charge is -2.18. The van der Waals surface area contributed by atoms with Gasteiger partial charge < -0.3 is 10.2 Å². The largest absolute Gasteiger partial charge is 0.311 e. The van der Waals surface area contributed by atoms with Crippen molar-refractivity contribution in [3.05, 3.63) is 65.5 Å². The first kappa shape index (κ1) is 17.4. The Morgan fingerprint density at radius 1 is 1.15 bits per heavy atom. The molecule has 1 unspecified atom stereocenters. The van der Waals surface area contributed by atoms with E-state index < -0.39 is 0 Å². The summed E-state index contributed by atoms with van der Waals surface area (Å²) >= 11 is 1.39. The number of carbonyl (C=O) groups is 2. The van der Waals surface area contributed by atoms with Gasteiger partial charge in [-0.15, -0.1) is 11.3 Å². The first-order valence-electron chi connectivity index (χ1n) is 8.79. The number of aromatic nitrogens is 1. The molecule has 1 saturated heterocycles. The summed E-state index contributed by atoms with van der Waals surface area (Å²) in [5.74, 6) is -0.553.